The smallest absolute Gasteiger partial charge is 0.302 e. The fourth-order valence-corrected chi connectivity index (χ4v) is 2.06. The summed E-state index contributed by atoms with van der Waals surface area (Å²) in [6, 6.07) is 5.07. The van der Waals surface area contributed by atoms with E-state index >= 15 is 0 Å². The van der Waals surface area contributed by atoms with Crippen LogP contribution in [0.15, 0.2) is 22.6 Å². The summed E-state index contributed by atoms with van der Waals surface area (Å²) in [6.07, 6.45) is 0.556. The van der Waals surface area contributed by atoms with Crippen LogP contribution < -0.4 is 9.47 Å². The minimum atomic E-state index is -1.79. The van der Waals surface area contributed by atoms with Gasteiger partial charge in [-0.15, -0.1) is 10.2 Å². The summed E-state index contributed by atoms with van der Waals surface area (Å²) < 4.78 is 19.3. The highest BCUT2D eigenvalue weighted by Gasteiger charge is 2.30. The molecule has 0 spiro atoms. The van der Waals surface area contributed by atoms with Crippen LogP contribution >= 0.6 is 34.8 Å². The van der Waals surface area contributed by atoms with Crippen molar-refractivity contribution in [2.24, 2.45) is 0 Å². The van der Waals surface area contributed by atoms with Gasteiger partial charge in [-0.25, -0.2) is 0 Å². The second-order valence-corrected chi connectivity index (χ2v) is 7.10. The van der Waals surface area contributed by atoms with E-state index in [1.807, 2.05) is 0 Å². The van der Waals surface area contributed by atoms with E-state index in [9.17, 15) is 4.79 Å². The van der Waals surface area contributed by atoms with Gasteiger partial charge in [0.2, 0.25) is 5.89 Å². The molecular weight excluding hydrogens is 395 g/mol. The van der Waals surface area contributed by atoms with Gasteiger partial charge in [-0.2, -0.15) is 0 Å². The lowest BCUT2D eigenvalue weighted by Crippen LogP contribution is -2.06. The maximum atomic E-state index is 10.7. The van der Waals surface area contributed by atoms with Gasteiger partial charge in [0.1, 0.15) is 0 Å². The molecule has 136 valence electrons. The maximum Gasteiger partial charge on any atom is 0.302 e. The zero-order valence-corrected chi connectivity index (χ0v) is 15.7. The van der Waals surface area contributed by atoms with E-state index in [4.69, 9.17) is 53.4 Å². The van der Waals surface area contributed by atoms with Crippen LogP contribution in [0.25, 0.3) is 11.5 Å². The van der Waals surface area contributed by atoms with E-state index in [0.29, 0.717) is 30.1 Å². The molecule has 0 aliphatic carbocycles. The van der Waals surface area contributed by atoms with Gasteiger partial charge in [0.25, 0.3) is 9.68 Å². The molecular formula is C15H15Cl3N2O5. The predicted molar refractivity (Wildman–Crippen MR) is 92.3 cm³/mol. The molecule has 0 atom stereocenters. The second kappa shape index (κ2) is 8.60. The lowest BCUT2D eigenvalue weighted by atomic mass is 10.2. The van der Waals surface area contributed by atoms with Crippen molar-refractivity contribution < 1.29 is 23.4 Å². The van der Waals surface area contributed by atoms with Crippen molar-refractivity contribution in [1.82, 2.24) is 10.2 Å². The molecule has 1 aromatic carbocycles. The average Bonchev–Trinajstić information content (AvgIpc) is 3.04. The van der Waals surface area contributed by atoms with Crippen LogP contribution in [0.4, 0.5) is 0 Å². The third kappa shape index (κ3) is 5.66. The molecule has 0 fully saturated rings. The largest absolute Gasteiger partial charge is 0.493 e. The van der Waals surface area contributed by atoms with Crippen molar-refractivity contribution in [1.29, 1.82) is 0 Å². The minimum Gasteiger partial charge on any atom is -0.493 e. The fraction of sp³-hybridized carbons (Fsp3) is 0.400. The van der Waals surface area contributed by atoms with E-state index in [1.54, 1.807) is 18.2 Å². The first-order valence-corrected chi connectivity index (χ1v) is 8.30. The summed E-state index contributed by atoms with van der Waals surface area (Å²) in [5, 5.41) is 7.55. The van der Waals surface area contributed by atoms with Gasteiger partial charge in [0.05, 0.1) is 20.3 Å². The summed E-state index contributed by atoms with van der Waals surface area (Å²) >= 11 is 17.1. The summed E-state index contributed by atoms with van der Waals surface area (Å²) in [4.78, 5) is 10.7. The predicted octanol–water partition coefficient (Wildman–Crippen LogP) is 3.90. The Morgan fingerprint density at radius 1 is 1.20 bits per heavy atom. The molecule has 0 saturated carbocycles. The standard InChI is InChI=1S/C15H15Cl3N2O5/c1-9(21)23-6-3-7-24-11-5-4-10(8-12(11)22-2)13-19-20-14(25-13)15(16,17)18/h4-5,8H,3,6-7H2,1-2H3. The molecule has 1 aromatic heterocycles. The van der Waals surface area contributed by atoms with E-state index in [1.165, 1.54) is 14.0 Å². The van der Waals surface area contributed by atoms with Crippen molar-refractivity contribution in [3.05, 3.63) is 24.1 Å². The number of halogens is 3. The SMILES string of the molecule is COc1cc(-c2nnc(C(Cl)(Cl)Cl)o2)ccc1OCCCOC(C)=O. The monoisotopic (exact) mass is 408 g/mol. The minimum absolute atomic E-state index is 0.128. The van der Waals surface area contributed by atoms with Gasteiger partial charge in [-0.1, -0.05) is 34.8 Å². The summed E-state index contributed by atoms with van der Waals surface area (Å²) in [6.45, 7) is 2.01. The molecule has 1 heterocycles. The highest BCUT2D eigenvalue weighted by molar-refractivity contribution is 6.66. The van der Waals surface area contributed by atoms with Gasteiger partial charge in [-0.05, 0) is 18.2 Å². The third-order valence-corrected chi connectivity index (χ3v) is 3.41. The maximum absolute atomic E-state index is 10.7. The number of esters is 1. The van der Waals surface area contributed by atoms with Crippen LogP contribution in [0.1, 0.15) is 19.2 Å². The number of methoxy groups -OCH3 is 1. The molecule has 10 heteroatoms. The summed E-state index contributed by atoms with van der Waals surface area (Å²) in [7, 11) is 1.51. The van der Waals surface area contributed by atoms with E-state index < -0.39 is 3.79 Å². The van der Waals surface area contributed by atoms with E-state index in [-0.39, 0.29) is 24.4 Å². The number of rotatable bonds is 7. The van der Waals surface area contributed by atoms with Gasteiger partial charge in [0, 0.05) is 18.9 Å². The quantitative estimate of drug-likeness (QED) is 0.389. The van der Waals surface area contributed by atoms with Crippen LogP contribution in [-0.2, 0) is 13.3 Å². The van der Waals surface area contributed by atoms with Crippen LogP contribution in [-0.4, -0.2) is 36.5 Å². The average molecular weight is 410 g/mol. The number of carbonyl (C=O) groups is 1. The molecule has 0 saturated heterocycles. The number of hydrogen-bond acceptors (Lipinski definition) is 7. The molecule has 0 bridgehead atoms. The molecule has 0 unspecified atom stereocenters. The number of ether oxygens (including phenoxy) is 3. The van der Waals surface area contributed by atoms with Crippen molar-refractivity contribution >= 4 is 40.8 Å². The first-order chi connectivity index (χ1) is 11.8. The number of carbonyl (C=O) groups excluding carboxylic acids is 1. The Hall–Kier alpha value is -1.70. The van der Waals surface area contributed by atoms with Crippen LogP contribution in [0.3, 0.4) is 0 Å². The lowest BCUT2D eigenvalue weighted by Gasteiger charge is -2.11. The van der Waals surface area contributed by atoms with E-state index in [2.05, 4.69) is 10.2 Å². The van der Waals surface area contributed by atoms with E-state index in [0.717, 1.165) is 0 Å². The first kappa shape index (κ1) is 19.6. The first-order valence-electron chi connectivity index (χ1n) is 7.16. The third-order valence-electron chi connectivity index (χ3n) is 2.93. The number of alkyl halides is 3. The molecule has 0 N–H and O–H groups in total. The van der Waals surface area contributed by atoms with Gasteiger partial charge in [0.15, 0.2) is 11.5 Å². The number of benzene rings is 1. The number of hydrogen-bond donors (Lipinski definition) is 0. The van der Waals surface area contributed by atoms with Crippen molar-refractivity contribution in [3.8, 4) is 23.0 Å². The molecule has 0 aliphatic heterocycles. The van der Waals surface area contributed by atoms with Crippen LogP contribution in [0.2, 0.25) is 0 Å². The fourth-order valence-electron chi connectivity index (χ4n) is 1.83. The zero-order valence-electron chi connectivity index (χ0n) is 13.4. The molecule has 0 radical (unpaired) electrons. The highest BCUT2D eigenvalue weighted by atomic mass is 35.6. The van der Waals surface area contributed by atoms with Gasteiger partial charge < -0.3 is 18.6 Å². The molecule has 0 amide bonds. The Kier molecular flexibility index (Phi) is 6.75. The second-order valence-electron chi connectivity index (χ2n) is 4.82. The topological polar surface area (TPSA) is 83.7 Å². The molecule has 25 heavy (non-hydrogen) atoms. The van der Waals surface area contributed by atoms with Crippen LogP contribution in [0.5, 0.6) is 11.5 Å². The van der Waals surface area contributed by atoms with Gasteiger partial charge in [-0.3, -0.25) is 4.79 Å². The summed E-state index contributed by atoms with van der Waals surface area (Å²) in [5.74, 6) is 0.725. The van der Waals surface area contributed by atoms with Crippen molar-refractivity contribution in [2.45, 2.75) is 17.1 Å². The Bertz CT molecular complexity index is 730. The Morgan fingerprint density at radius 3 is 2.56 bits per heavy atom. The Morgan fingerprint density at radius 2 is 1.96 bits per heavy atom. The highest BCUT2D eigenvalue weighted by Crippen LogP contribution is 2.39. The molecule has 7 nitrogen and oxygen atoms in total. The lowest BCUT2D eigenvalue weighted by molar-refractivity contribution is -0.141. The molecule has 0 aliphatic rings. The van der Waals surface area contributed by atoms with Crippen molar-refractivity contribution in [2.75, 3.05) is 20.3 Å². The Labute approximate surface area is 159 Å². The number of nitrogens with zero attached hydrogens (tertiary/aromatic N) is 2. The van der Waals surface area contributed by atoms with Crippen molar-refractivity contribution in [3.63, 3.8) is 0 Å². The molecule has 2 rings (SSSR count). The number of aromatic nitrogens is 2. The van der Waals surface area contributed by atoms with Crippen LogP contribution in [0, 0.1) is 0 Å². The zero-order chi connectivity index (χ0) is 18.4. The summed E-state index contributed by atoms with van der Waals surface area (Å²) in [5.41, 5.74) is 0.581. The Balaban J connectivity index is 2.06. The normalized spacial score (nSPS) is 11.2. The van der Waals surface area contributed by atoms with Gasteiger partial charge >= 0.3 is 5.97 Å². The molecule has 2 aromatic rings.